The van der Waals surface area contributed by atoms with Gasteiger partial charge in [-0.05, 0) is 42.8 Å². The van der Waals surface area contributed by atoms with Gasteiger partial charge in [0.25, 0.3) is 0 Å². The number of halogens is 1. The van der Waals surface area contributed by atoms with Crippen LogP contribution in [0.15, 0.2) is 55.0 Å². The molecule has 1 fully saturated rings. The Morgan fingerprint density at radius 3 is 2.80 bits per heavy atom. The summed E-state index contributed by atoms with van der Waals surface area (Å²) in [5.74, 6) is 0.422. The summed E-state index contributed by atoms with van der Waals surface area (Å²) in [6.45, 7) is 3.21. The molecule has 1 aliphatic rings. The predicted molar refractivity (Wildman–Crippen MR) is 112 cm³/mol. The van der Waals surface area contributed by atoms with Crippen LogP contribution >= 0.6 is 0 Å². The third kappa shape index (κ3) is 4.31. The molecule has 0 aliphatic carbocycles. The number of aryl methyl sites for hydroxylation is 1. The standard InChI is InChI=1S/C23H24FN4O2/c1-16-13-28(15-26-16)21-8-5-18(12-22(21)30-2)14-27-10-9-25-20(23(27)29)11-17-3-6-19(24)7-4-17/h3-8,12-15,20,25H,9-11H2,1-2H3/q+1. The SMILES string of the molecule is COc1cc(/C=[N+]2\CCNC(Cc3ccc(F)cc3)C2=O)ccc1-n1cnc(C)c1. The quantitative estimate of drug-likeness (QED) is 0.661. The molecule has 1 amide bonds. The molecule has 7 heteroatoms. The van der Waals surface area contributed by atoms with E-state index < -0.39 is 0 Å². The van der Waals surface area contributed by atoms with Crippen molar-refractivity contribution in [1.29, 1.82) is 0 Å². The van der Waals surface area contributed by atoms with E-state index in [9.17, 15) is 9.18 Å². The minimum absolute atomic E-state index is 0.00106. The summed E-state index contributed by atoms with van der Waals surface area (Å²) in [5, 5.41) is 3.26. The van der Waals surface area contributed by atoms with E-state index in [1.165, 1.54) is 12.1 Å². The van der Waals surface area contributed by atoms with E-state index in [0.717, 1.165) is 22.5 Å². The Hall–Kier alpha value is -3.32. The molecular formula is C23H24FN4O2+. The Labute approximate surface area is 174 Å². The average Bonchev–Trinajstić information content (AvgIpc) is 3.18. The average molecular weight is 407 g/mol. The van der Waals surface area contributed by atoms with Crippen molar-refractivity contribution in [1.82, 2.24) is 14.9 Å². The third-order valence-corrected chi connectivity index (χ3v) is 5.18. The number of carbonyl (C=O) groups is 1. The molecule has 0 saturated carbocycles. The third-order valence-electron chi connectivity index (χ3n) is 5.18. The summed E-state index contributed by atoms with van der Waals surface area (Å²) in [6, 6.07) is 11.8. The van der Waals surface area contributed by atoms with Crippen LogP contribution in [-0.2, 0) is 11.2 Å². The van der Waals surface area contributed by atoms with Crippen molar-refractivity contribution in [2.45, 2.75) is 19.4 Å². The largest absolute Gasteiger partial charge is 0.495 e. The maximum Gasteiger partial charge on any atom is 0.404 e. The van der Waals surface area contributed by atoms with Gasteiger partial charge in [-0.15, -0.1) is 0 Å². The molecule has 30 heavy (non-hydrogen) atoms. The lowest BCUT2D eigenvalue weighted by molar-refractivity contribution is -0.452. The van der Waals surface area contributed by atoms with Gasteiger partial charge < -0.3 is 9.30 Å². The first-order chi connectivity index (χ1) is 14.5. The van der Waals surface area contributed by atoms with E-state index in [-0.39, 0.29) is 17.8 Å². The minimum Gasteiger partial charge on any atom is -0.495 e. The number of hydrogen-bond acceptors (Lipinski definition) is 4. The molecule has 0 bridgehead atoms. The van der Waals surface area contributed by atoms with E-state index in [2.05, 4.69) is 10.3 Å². The van der Waals surface area contributed by atoms with Crippen LogP contribution in [0, 0.1) is 12.7 Å². The van der Waals surface area contributed by atoms with Gasteiger partial charge in [0, 0.05) is 18.2 Å². The maximum absolute atomic E-state index is 13.1. The first-order valence-electron chi connectivity index (χ1n) is 9.85. The van der Waals surface area contributed by atoms with Gasteiger partial charge in [-0.1, -0.05) is 12.1 Å². The number of methoxy groups -OCH3 is 1. The number of imidazole rings is 1. The number of amides is 1. The van der Waals surface area contributed by atoms with Crippen LogP contribution in [0.4, 0.5) is 4.39 Å². The lowest BCUT2D eigenvalue weighted by atomic mass is 10.0. The molecule has 2 aromatic carbocycles. The number of benzene rings is 2. The second-order valence-electron chi connectivity index (χ2n) is 7.35. The summed E-state index contributed by atoms with van der Waals surface area (Å²) >= 11 is 0. The molecule has 1 unspecified atom stereocenters. The summed E-state index contributed by atoms with van der Waals surface area (Å²) < 4.78 is 22.3. The Bertz CT molecular complexity index is 1090. The molecule has 0 radical (unpaired) electrons. The molecule has 1 atom stereocenters. The highest BCUT2D eigenvalue weighted by molar-refractivity contribution is 5.85. The number of ether oxygens (including phenoxy) is 1. The monoisotopic (exact) mass is 407 g/mol. The smallest absolute Gasteiger partial charge is 0.404 e. The number of rotatable bonds is 5. The van der Waals surface area contributed by atoms with Crippen LogP contribution in [0.25, 0.3) is 5.69 Å². The van der Waals surface area contributed by atoms with Crippen molar-refractivity contribution < 1.29 is 18.5 Å². The zero-order chi connectivity index (χ0) is 21.1. The Balaban J connectivity index is 1.56. The van der Waals surface area contributed by atoms with Crippen LogP contribution < -0.4 is 10.1 Å². The Kier molecular flexibility index (Phi) is 5.72. The van der Waals surface area contributed by atoms with Crippen molar-refractivity contribution in [2.24, 2.45) is 0 Å². The zero-order valence-electron chi connectivity index (χ0n) is 17.0. The number of nitrogens with zero attached hydrogens (tertiary/aromatic N) is 3. The van der Waals surface area contributed by atoms with Crippen LogP contribution in [0.2, 0.25) is 0 Å². The fourth-order valence-electron chi connectivity index (χ4n) is 3.62. The van der Waals surface area contributed by atoms with Gasteiger partial charge in [0.15, 0.2) is 12.8 Å². The normalized spacial score (nSPS) is 18.0. The van der Waals surface area contributed by atoms with E-state index in [1.807, 2.05) is 42.1 Å². The number of carbonyl (C=O) groups excluding carboxylic acids is 1. The van der Waals surface area contributed by atoms with Crippen molar-refractivity contribution >= 4 is 12.1 Å². The van der Waals surface area contributed by atoms with E-state index >= 15 is 0 Å². The molecule has 1 aromatic heterocycles. The van der Waals surface area contributed by atoms with Crippen LogP contribution in [-0.4, -0.2) is 52.5 Å². The molecule has 2 heterocycles. The van der Waals surface area contributed by atoms with Gasteiger partial charge in [0.05, 0.1) is 31.4 Å². The molecule has 3 aromatic rings. The molecule has 0 spiro atoms. The summed E-state index contributed by atoms with van der Waals surface area (Å²) in [5.41, 5.74) is 3.61. The zero-order valence-corrected chi connectivity index (χ0v) is 17.0. The second kappa shape index (κ2) is 8.59. The summed E-state index contributed by atoms with van der Waals surface area (Å²) in [6.07, 6.45) is 6.05. The lowest BCUT2D eigenvalue weighted by Gasteiger charge is -2.20. The van der Waals surface area contributed by atoms with Gasteiger partial charge >= 0.3 is 5.91 Å². The lowest BCUT2D eigenvalue weighted by Crippen LogP contribution is -2.52. The predicted octanol–water partition coefficient (Wildman–Crippen LogP) is 2.50. The van der Waals surface area contributed by atoms with Gasteiger partial charge in [0.1, 0.15) is 17.6 Å². The second-order valence-corrected chi connectivity index (χ2v) is 7.35. The number of nitrogens with one attached hydrogen (secondary N) is 1. The highest BCUT2D eigenvalue weighted by Crippen LogP contribution is 2.24. The number of aromatic nitrogens is 2. The van der Waals surface area contributed by atoms with Gasteiger partial charge in [-0.2, -0.15) is 4.58 Å². The summed E-state index contributed by atoms with van der Waals surface area (Å²) in [7, 11) is 1.63. The van der Waals surface area contributed by atoms with Crippen molar-refractivity contribution in [2.75, 3.05) is 20.2 Å². The van der Waals surface area contributed by atoms with Crippen molar-refractivity contribution in [3.63, 3.8) is 0 Å². The Morgan fingerprint density at radius 2 is 2.10 bits per heavy atom. The van der Waals surface area contributed by atoms with Gasteiger partial charge in [-0.3, -0.25) is 5.32 Å². The number of piperazine rings is 1. The molecule has 6 nitrogen and oxygen atoms in total. The maximum atomic E-state index is 13.1. The van der Waals surface area contributed by atoms with Crippen LogP contribution in [0.3, 0.4) is 0 Å². The fraction of sp³-hybridized carbons (Fsp3) is 0.261. The molecule has 1 aliphatic heterocycles. The van der Waals surface area contributed by atoms with E-state index in [1.54, 1.807) is 30.1 Å². The molecular weight excluding hydrogens is 383 g/mol. The van der Waals surface area contributed by atoms with Gasteiger partial charge in [-0.25, -0.2) is 14.2 Å². The molecule has 4 rings (SSSR count). The Morgan fingerprint density at radius 1 is 1.30 bits per heavy atom. The van der Waals surface area contributed by atoms with Crippen molar-refractivity contribution in [3.8, 4) is 11.4 Å². The molecule has 1 N–H and O–H groups in total. The first-order valence-corrected chi connectivity index (χ1v) is 9.85. The molecule has 154 valence electrons. The number of hydrogen-bond donors (Lipinski definition) is 1. The highest BCUT2D eigenvalue weighted by Gasteiger charge is 2.33. The fourth-order valence-corrected chi connectivity index (χ4v) is 3.62. The first kappa shape index (κ1) is 20.0. The van der Waals surface area contributed by atoms with Crippen LogP contribution in [0.1, 0.15) is 16.8 Å². The molecule has 1 saturated heterocycles. The van der Waals surface area contributed by atoms with E-state index in [0.29, 0.717) is 25.3 Å². The highest BCUT2D eigenvalue weighted by atomic mass is 19.1. The van der Waals surface area contributed by atoms with Crippen LogP contribution in [0.5, 0.6) is 5.75 Å². The van der Waals surface area contributed by atoms with Gasteiger partial charge in [0.2, 0.25) is 0 Å². The summed E-state index contributed by atoms with van der Waals surface area (Å²) in [4.78, 5) is 17.2. The van der Waals surface area contributed by atoms with Crippen molar-refractivity contribution in [3.05, 3.63) is 77.6 Å². The van der Waals surface area contributed by atoms with E-state index in [4.69, 9.17) is 4.74 Å². The minimum atomic E-state index is -0.337. The topological polar surface area (TPSA) is 59.2 Å².